The summed E-state index contributed by atoms with van der Waals surface area (Å²) in [7, 11) is 0. The Kier molecular flexibility index (Phi) is 1.68. The predicted molar refractivity (Wildman–Crippen MR) is 46.4 cm³/mol. The summed E-state index contributed by atoms with van der Waals surface area (Å²) in [5.74, 6) is 0. The van der Waals surface area contributed by atoms with Gasteiger partial charge < -0.3 is 11.5 Å². The number of hydrogen-bond donors (Lipinski definition) is 2. The van der Waals surface area contributed by atoms with E-state index in [1.165, 1.54) is 0 Å². The van der Waals surface area contributed by atoms with E-state index in [-0.39, 0.29) is 5.41 Å². The normalized spacial score (nSPS) is 22.3. The van der Waals surface area contributed by atoms with E-state index in [4.69, 9.17) is 11.5 Å². The molecule has 1 aliphatic carbocycles. The standard InChI is InChI=1S/C7H12N2S/c1-7(2-3-7)5(8)4-6(9)10/h4H,2-3,8H2,1H3,(H2,9,10). The molecular formula is C7H12N2S. The quantitative estimate of drug-likeness (QED) is 0.461. The van der Waals surface area contributed by atoms with E-state index in [2.05, 4.69) is 19.1 Å². The average Bonchev–Trinajstić information content (AvgIpc) is 2.47. The highest BCUT2D eigenvalue weighted by atomic mass is 32.1. The summed E-state index contributed by atoms with van der Waals surface area (Å²) in [5.41, 5.74) is 12.0. The van der Waals surface area contributed by atoms with Gasteiger partial charge in [-0.05, 0) is 18.9 Å². The fourth-order valence-corrected chi connectivity index (χ4v) is 0.931. The molecule has 4 N–H and O–H groups in total. The fourth-order valence-electron chi connectivity index (χ4n) is 0.804. The van der Waals surface area contributed by atoms with Crippen LogP contribution in [0.5, 0.6) is 0 Å². The minimum absolute atomic E-state index is 0.212. The van der Waals surface area contributed by atoms with Crippen LogP contribution in [0.3, 0.4) is 0 Å². The first-order valence-electron chi connectivity index (χ1n) is 3.32. The molecule has 2 nitrogen and oxygen atoms in total. The van der Waals surface area contributed by atoms with Crippen molar-refractivity contribution in [2.75, 3.05) is 0 Å². The van der Waals surface area contributed by atoms with E-state index in [0.717, 1.165) is 18.5 Å². The van der Waals surface area contributed by atoms with Crippen molar-refractivity contribution in [1.82, 2.24) is 0 Å². The first kappa shape index (κ1) is 7.54. The molecule has 1 fully saturated rings. The monoisotopic (exact) mass is 156 g/mol. The van der Waals surface area contributed by atoms with Crippen LogP contribution < -0.4 is 11.5 Å². The first-order valence-corrected chi connectivity index (χ1v) is 3.72. The van der Waals surface area contributed by atoms with Gasteiger partial charge in [0.05, 0.1) is 4.99 Å². The number of hydrogen-bond acceptors (Lipinski definition) is 2. The third kappa shape index (κ3) is 1.48. The highest BCUT2D eigenvalue weighted by Crippen LogP contribution is 2.49. The van der Waals surface area contributed by atoms with Crippen molar-refractivity contribution in [2.24, 2.45) is 16.9 Å². The zero-order chi connectivity index (χ0) is 7.78. The Bertz CT molecular complexity index is 192. The molecule has 0 saturated heterocycles. The van der Waals surface area contributed by atoms with Crippen molar-refractivity contribution in [1.29, 1.82) is 0 Å². The number of allylic oxidation sites excluding steroid dienone is 1. The topological polar surface area (TPSA) is 52.0 Å². The molecule has 0 bridgehead atoms. The molecule has 1 aliphatic rings. The maximum atomic E-state index is 5.71. The third-order valence-electron chi connectivity index (χ3n) is 1.99. The molecule has 0 spiro atoms. The second-order valence-electron chi connectivity index (χ2n) is 3.06. The Hall–Kier alpha value is -0.570. The zero-order valence-corrected chi connectivity index (χ0v) is 6.87. The van der Waals surface area contributed by atoms with Gasteiger partial charge in [0.1, 0.15) is 0 Å². The molecule has 0 aromatic carbocycles. The lowest BCUT2D eigenvalue weighted by molar-refractivity contribution is 0.680. The van der Waals surface area contributed by atoms with Crippen molar-refractivity contribution in [3.05, 3.63) is 11.8 Å². The largest absolute Gasteiger partial charge is 0.402 e. The highest BCUT2D eigenvalue weighted by Gasteiger charge is 2.39. The molecule has 0 atom stereocenters. The van der Waals surface area contributed by atoms with Gasteiger partial charge in [0.15, 0.2) is 0 Å². The molecule has 0 aliphatic heterocycles. The van der Waals surface area contributed by atoms with Crippen molar-refractivity contribution in [3.8, 4) is 0 Å². The van der Waals surface area contributed by atoms with E-state index >= 15 is 0 Å². The summed E-state index contributed by atoms with van der Waals surface area (Å²) in [6.07, 6.45) is 4.01. The van der Waals surface area contributed by atoms with Gasteiger partial charge in [-0.3, -0.25) is 0 Å². The molecule has 0 amide bonds. The van der Waals surface area contributed by atoms with Crippen molar-refractivity contribution < 1.29 is 0 Å². The van der Waals surface area contributed by atoms with Crippen molar-refractivity contribution in [2.45, 2.75) is 19.8 Å². The second kappa shape index (κ2) is 2.23. The number of rotatable bonds is 2. The smallest absolute Gasteiger partial charge is 0.0979 e. The summed E-state index contributed by atoms with van der Waals surface area (Å²) in [6, 6.07) is 0. The molecule has 10 heavy (non-hydrogen) atoms. The fraction of sp³-hybridized carbons (Fsp3) is 0.571. The molecule has 1 saturated carbocycles. The SMILES string of the molecule is CC1(C(N)=CC(N)=S)CC1. The molecule has 0 radical (unpaired) electrons. The highest BCUT2D eigenvalue weighted by molar-refractivity contribution is 7.80. The van der Waals surface area contributed by atoms with E-state index in [0.29, 0.717) is 4.99 Å². The van der Waals surface area contributed by atoms with Crippen LogP contribution in [0.4, 0.5) is 0 Å². The van der Waals surface area contributed by atoms with E-state index in [9.17, 15) is 0 Å². The Morgan fingerprint density at radius 3 is 2.30 bits per heavy atom. The molecule has 1 rings (SSSR count). The second-order valence-corrected chi connectivity index (χ2v) is 3.53. The van der Waals surface area contributed by atoms with Crippen LogP contribution in [0, 0.1) is 5.41 Å². The molecule has 0 unspecified atom stereocenters. The van der Waals surface area contributed by atoms with Crippen LogP contribution in [0.1, 0.15) is 19.8 Å². The summed E-state index contributed by atoms with van der Waals surface area (Å²) in [4.78, 5) is 0.380. The number of nitrogens with two attached hydrogens (primary N) is 2. The van der Waals surface area contributed by atoms with Gasteiger partial charge in [-0.1, -0.05) is 19.1 Å². The van der Waals surface area contributed by atoms with Crippen molar-refractivity contribution in [3.63, 3.8) is 0 Å². The first-order chi connectivity index (χ1) is 4.54. The molecule has 0 aromatic heterocycles. The molecule has 56 valence electrons. The maximum absolute atomic E-state index is 5.71. The molecule has 3 heteroatoms. The van der Waals surface area contributed by atoms with E-state index in [1.807, 2.05) is 0 Å². The van der Waals surface area contributed by atoms with Gasteiger partial charge in [-0.15, -0.1) is 0 Å². The average molecular weight is 156 g/mol. The summed E-state index contributed by atoms with van der Waals surface area (Å²) in [5, 5.41) is 0. The summed E-state index contributed by atoms with van der Waals surface area (Å²) < 4.78 is 0. The maximum Gasteiger partial charge on any atom is 0.0979 e. The van der Waals surface area contributed by atoms with E-state index in [1.54, 1.807) is 6.08 Å². The third-order valence-corrected chi connectivity index (χ3v) is 2.11. The summed E-state index contributed by atoms with van der Waals surface area (Å²) in [6.45, 7) is 2.12. The minimum Gasteiger partial charge on any atom is -0.402 e. The molecular weight excluding hydrogens is 144 g/mol. The lowest BCUT2D eigenvalue weighted by atomic mass is 10.1. The molecule has 0 heterocycles. The van der Waals surface area contributed by atoms with Crippen LogP contribution >= 0.6 is 12.2 Å². The van der Waals surface area contributed by atoms with Crippen LogP contribution in [-0.2, 0) is 0 Å². The van der Waals surface area contributed by atoms with Gasteiger partial charge in [0.25, 0.3) is 0 Å². The van der Waals surface area contributed by atoms with Gasteiger partial charge in [-0.2, -0.15) is 0 Å². The van der Waals surface area contributed by atoms with Crippen LogP contribution in [0.25, 0.3) is 0 Å². The Morgan fingerprint density at radius 2 is 2.00 bits per heavy atom. The van der Waals surface area contributed by atoms with Crippen LogP contribution in [-0.4, -0.2) is 4.99 Å². The lowest BCUT2D eigenvalue weighted by Crippen LogP contribution is -2.14. The lowest BCUT2D eigenvalue weighted by Gasteiger charge is -2.06. The zero-order valence-electron chi connectivity index (χ0n) is 6.05. The summed E-state index contributed by atoms with van der Waals surface area (Å²) >= 11 is 4.69. The Morgan fingerprint density at radius 1 is 1.50 bits per heavy atom. The van der Waals surface area contributed by atoms with E-state index < -0.39 is 0 Å². The van der Waals surface area contributed by atoms with Crippen molar-refractivity contribution >= 4 is 17.2 Å². The Labute approximate surface area is 66.3 Å². The van der Waals surface area contributed by atoms with Crippen LogP contribution in [0.15, 0.2) is 11.8 Å². The van der Waals surface area contributed by atoms with Crippen LogP contribution in [0.2, 0.25) is 0 Å². The van der Waals surface area contributed by atoms with Gasteiger partial charge in [0.2, 0.25) is 0 Å². The minimum atomic E-state index is 0.212. The molecule has 0 aromatic rings. The van der Waals surface area contributed by atoms with Gasteiger partial charge in [-0.25, -0.2) is 0 Å². The van der Waals surface area contributed by atoms with Gasteiger partial charge >= 0.3 is 0 Å². The predicted octanol–water partition coefficient (Wildman–Crippen LogP) is 0.915. The number of thiocarbonyl (C=S) groups is 1. The van der Waals surface area contributed by atoms with Gasteiger partial charge in [0, 0.05) is 11.1 Å². The Balaban J connectivity index is 2.64.